The zero-order valence-electron chi connectivity index (χ0n) is 14.4. The first kappa shape index (κ1) is 16.4. The molecule has 1 aliphatic rings. The number of carbonyl (C=O) groups is 1. The Kier molecular flexibility index (Phi) is 5.04. The Morgan fingerprint density at radius 1 is 1.04 bits per heavy atom. The Bertz CT molecular complexity index is 706. The first-order valence-corrected chi connectivity index (χ1v) is 8.51. The third-order valence-electron chi connectivity index (χ3n) is 4.42. The van der Waals surface area contributed by atoms with Gasteiger partial charge in [0.1, 0.15) is 5.75 Å². The molecule has 0 bridgehead atoms. The van der Waals surface area contributed by atoms with Crippen LogP contribution in [0.3, 0.4) is 0 Å². The van der Waals surface area contributed by atoms with E-state index < -0.39 is 0 Å². The van der Waals surface area contributed by atoms with Crippen LogP contribution in [0.4, 0.5) is 5.69 Å². The summed E-state index contributed by atoms with van der Waals surface area (Å²) in [4.78, 5) is 17.0. The maximum absolute atomic E-state index is 12.7. The predicted octanol–water partition coefficient (Wildman–Crippen LogP) is 3.36. The molecule has 0 spiro atoms. The second-order valence-corrected chi connectivity index (χ2v) is 6.03. The highest BCUT2D eigenvalue weighted by Gasteiger charge is 2.23. The number of hydrogen-bond acceptors (Lipinski definition) is 3. The Balaban J connectivity index is 1.65. The summed E-state index contributed by atoms with van der Waals surface area (Å²) in [7, 11) is 0. The average Bonchev–Trinajstić information content (AvgIpc) is 2.62. The standard InChI is InChI=1S/C20H24N2O2/c1-3-24-18-9-6-8-17(15-18)20(23)22-13-11-21(12-14-22)19-10-5-4-7-16(19)2/h4-10,15H,3,11-14H2,1-2H3. The molecule has 1 aliphatic heterocycles. The van der Waals surface area contributed by atoms with Crippen LogP contribution in [-0.2, 0) is 0 Å². The van der Waals surface area contributed by atoms with E-state index in [1.807, 2.05) is 36.1 Å². The maximum atomic E-state index is 12.7. The minimum absolute atomic E-state index is 0.0842. The lowest BCUT2D eigenvalue weighted by molar-refractivity contribution is 0.0746. The van der Waals surface area contributed by atoms with Crippen molar-refractivity contribution in [2.45, 2.75) is 13.8 Å². The number of aryl methyl sites for hydroxylation is 1. The van der Waals surface area contributed by atoms with Crippen molar-refractivity contribution in [1.29, 1.82) is 0 Å². The van der Waals surface area contributed by atoms with Gasteiger partial charge in [-0.3, -0.25) is 4.79 Å². The number of benzene rings is 2. The molecule has 2 aromatic carbocycles. The molecule has 0 radical (unpaired) electrons. The molecule has 0 aliphatic carbocycles. The fraction of sp³-hybridized carbons (Fsp3) is 0.350. The zero-order chi connectivity index (χ0) is 16.9. The summed E-state index contributed by atoms with van der Waals surface area (Å²) in [5.41, 5.74) is 3.25. The van der Waals surface area contributed by atoms with Gasteiger partial charge < -0.3 is 14.5 Å². The molecule has 4 heteroatoms. The summed E-state index contributed by atoms with van der Waals surface area (Å²) < 4.78 is 5.49. The molecule has 1 saturated heterocycles. The van der Waals surface area contributed by atoms with Crippen molar-refractivity contribution in [1.82, 2.24) is 4.90 Å². The zero-order valence-corrected chi connectivity index (χ0v) is 14.4. The first-order chi connectivity index (χ1) is 11.7. The normalized spacial score (nSPS) is 14.6. The molecule has 0 atom stereocenters. The third-order valence-corrected chi connectivity index (χ3v) is 4.42. The van der Waals surface area contributed by atoms with Gasteiger partial charge in [0.2, 0.25) is 0 Å². The summed E-state index contributed by atoms with van der Waals surface area (Å²) in [5, 5.41) is 0. The van der Waals surface area contributed by atoms with E-state index in [1.54, 1.807) is 0 Å². The lowest BCUT2D eigenvalue weighted by Crippen LogP contribution is -2.49. The number of rotatable bonds is 4. The van der Waals surface area contributed by atoms with Crippen LogP contribution in [0.1, 0.15) is 22.8 Å². The monoisotopic (exact) mass is 324 g/mol. The van der Waals surface area contributed by atoms with Gasteiger partial charge in [0.25, 0.3) is 5.91 Å². The van der Waals surface area contributed by atoms with E-state index in [0.717, 1.165) is 31.9 Å². The van der Waals surface area contributed by atoms with Crippen LogP contribution in [0.15, 0.2) is 48.5 Å². The number of carbonyl (C=O) groups excluding carboxylic acids is 1. The fourth-order valence-corrected chi connectivity index (χ4v) is 3.14. The van der Waals surface area contributed by atoms with Gasteiger partial charge >= 0.3 is 0 Å². The summed E-state index contributed by atoms with van der Waals surface area (Å²) in [5.74, 6) is 0.836. The molecular formula is C20H24N2O2. The van der Waals surface area contributed by atoms with E-state index in [-0.39, 0.29) is 5.91 Å². The van der Waals surface area contributed by atoms with E-state index in [9.17, 15) is 4.79 Å². The molecule has 2 aromatic rings. The van der Waals surface area contributed by atoms with Crippen molar-refractivity contribution in [3.63, 3.8) is 0 Å². The SMILES string of the molecule is CCOc1cccc(C(=O)N2CCN(c3ccccc3C)CC2)c1. The highest BCUT2D eigenvalue weighted by atomic mass is 16.5. The van der Waals surface area contributed by atoms with Gasteiger partial charge in [0, 0.05) is 37.4 Å². The Labute approximate surface area is 143 Å². The molecule has 1 amide bonds. The largest absolute Gasteiger partial charge is 0.494 e. The van der Waals surface area contributed by atoms with Crippen molar-refractivity contribution in [3.05, 3.63) is 59.7 Å². The highest BCUT2D eigenvalue weighted by molar-refractivity contribution is 5.94. The van der Waals surface area contributed by atoms with Gasteiger partial charge in [-0.25, -0.2) is 0 Å². The van der Waals surface area contributed by atoms with Crippen LogP contribution in [0, 0.1) is 6.92 Å². The Morgan fingerprint density at radius 3 is 2.50 bits per heavy atom. The van der Waals surface area contributed by atoms with Crippen LogP contribution in [-0.4, -0.2) is 43.6 Å². The van der Waals surface area contributed by atoms with E-state index in [4.69, 9.17) is 4.74 Å². The number of piperazine rings is 1. The number of hydrogen-bond donors (Lipinski definition) is 0. The van der Waals surface area contributed by atoms with E-state index in [1.165, 1.54) is 11.3 Å². The van der Waals surface area contributed by atoms with E-state index >= 15 is 0 Å². The first-order valence-electron chi connectivity index (χ1n) is 8.51. The van der Waals surface area contributed by atoms with E-state index in [2.05, 4.69) is 36.1 Å². The van der Waals surface area contributed by atoms with Crippen molar-refractivity contribution < 1.29 is 9.53 Å². The third kappa shape index (κ3) is 3.53. The van der Waals surface area contributed by atoms with Crippen LogP contribution < -0.4 is 9.64 Å². The summed E-state index contributed by atoms with van der Waals surface area (Å²) in [6.45, 7) is 7.89. The number of amides is 1. The summed E-state index contributed by atoms with van der Waals surface area (Å²) in [6, 6.07) is 15.9. The van der Waals surface area contributed by atoms with Gasteiger partial charge in [-0.05, 0) is 43.7 Å². The molecule has 4 nitrogen and oxygen atoms in total. The minimum atomic E-state index is 0.0842. The Hall–Kier alpha value is -2.49. The minimum Gasteiger partial charge on any atom is -0.494 e. The number of nitrogens with zero attached hydrogens (tertiary/aromatic N) is 2. The molecule has 126 valence electrons. The molecule has 0 saturated carbocycles. The highest BCUT2D eigenvalue weighted by Crippen LogP contribution is 2.22. The number of para-hydroxylation sites is 1. The van der Waals surface area contributed by atoms with Gasteiger partial charge in [-0.1, -0.05) is 24.3 Å². The van der Waals surface area contributed by atoms with Gasteiger partial charge in [0.15, 0.2) is 0 Å². The smallest absolute Gasteiger partial charge is 0.254 e. The lowest BCUT2D eigenvalue weighted by atomic mass is 10.1. The van der Waals surface area contributed by atoms with Crippen molar-refractivity contribution in [2.24, 2.45) is 0 Å². The second-order valence-electron chi connectivity index (χ2n) is 6.03. The molecule has 0 N–H and O–H groups in total. The molecular weight excluding hydrogens is 300 g/mol. The van der Waals surface area contributed by atoms with Crippen LogP contribution in [0.2, 0.25) is 0 Å². The van der Waals surface area contributed by atoms with Gasteiger partial charge in [-0.15, -0.1) is 0 Å². The van der Waals surface area contributed by atoms with Gasteiger partial charge in [-0.2, -0.15) is 0 Å². The fourth-order valence-electron chi connectivity index (χ4n) is 3.14. The molecule has 0 aromatic heterocycles. The average molecular weight is 324 g/mol. The molecule has 24 heavy (non-hydrogen) atoms. The maximum Gasteiger partial charge on any atom is 0.254 e. The predicted molar refractivity (Wildman–Crippen MR) is 96.9 cm³/mol. The van der Waals surface area contributed by atoms with Crippen molar-refractivity contribution in [2.75, 3.05) is 37.7 Å². The van der Waals surface area contributed by atoms with Crippen molar-refractivity contribution >= 4 is 11.6 Å². The topological polar surface area (TPSA) is 32.8 Å². The van der Waals surface area contributed by atoms with Crippen LogP contribution >= 0.6 is 0 Å². The summed E-state index contributed by atoms with van der Waals surface area (Å²) >= 11 is 0. The van der Waals surface area contributed by atoms with Gasteiger partial charge in [0.05, 0.1) is 6.61 Å². The molecule has 1 fully saturated rings. The number of anilines is 1. The molecule has 3 rings (SSSR count). The van der Waals surface area contributed by atoms with E-state index in [0.29, 0.717) is 12.2 Å². The Morgan fingerprint density at radius 2 is 1.79 bits per heavy atom. The molecule has 1 heterocycles. The lowest BCUT2D eigenvalue weighted by Gasteiger charge is -2.36. The van der Waals surface area contributed by atoms with Crippen LogP contribution in [0.5, 0.6) is 5.75 Å². The van der Waals surface area contributed by atoms with Crippen LogP contribution in [0.25, 0.3) is 0 Å². The quantitative estimate of drug-likeness (QED) is 0.864. The number of ether oxygens (including phenoxy) is 1. The van der Waals surface area contributed by atoms with Crippen molar-refractivity contribution in [3.8, 4) is 5.75 Å². The molecule has 0 unspecified atom stereocenters. The summed E-state index contributed by atoms with van der Waals surface area (Å²) in [6.07, 6.45) is 0. The second kappa shape index (κ2) is 7.39.